The summed E-state index contributed by atoms with van der Waals surface area (Å²) in [5.41, 5.74) is 1.78. The molecule has 130 valence electrons. The van der Waals surface area contributed by atoms with Gasteiger partial charge in [0, 0.05) is 10.5 Å². The molecule has 24 heavy (non-hydrogen) atoms. The van der Waals surface area contributed by atoms with Crippen LogP contribution in [0.2, 0.25) is 0 Å². The molecule has 0 N–H and O–H groups in total. The summed E-state index contributed by atoms with van der Waals surface area (Å²) in [6.45, 7) is 5.27. The monoisotopic (exact) mass is 335 g/mol. The Morgan fingerprint density at radius 3 is 2.25 bits per heavy atom. The van der Waals surface area contributed by atoms with Crippen LogP contribution in [0.1, 0.15) is 31.4 Å². The van der Waals surface area contributed by atoms with Gasteiger partial charge in [0.05, 0.1) is 19.6 Å². The van der Waals surface area contributed by atoms with Crippen molar-refractivity contribution in [2.45, 2.75) is 33.2 Å². The molecule has 1 unspecified atom stereocenters. The third-order valence-electron chi connectivity index (χ3n) is 3.18. The zero-order valence-corrected chi connectivity index (χ0v) is 14.0. The summed E-state index contributed by atoms with van der Waals surface area (Å²) < 4.78 is 9.65. The lowest BCUT2D eigenvalue weighted by molar-refractivity contribution is -0.509. The van der Waals surface area contributed by atoms with Crippen molar-refractivity contribution >= 4 is 18.0 Å². The Balaban J connectivity index is 3.12. The van der Waals surface area contributed by atoms with E-state index in [4.69, 9.17) is 9.47 Å². The summed E-state index contributed by atoms with van der Waals surface area (Å²) >= 11 is 0. The molecule has 0 radical (unpaired) electrons. The molecule has 1 atom stereocenters. The van der Waals surface area contributed by atoms with Gasteiger partial charge in [0.1, 0.15) is 0 Å². The number of ether oxygens (including phenoxy) is 2. The van der Waals surface area contributed by atoms with Crippen LogP contribution < -0.4 is 0 Å². The third-order valence-corrected chi connectivity index (χ3v) is 3.18. The van der Waals surface area contributed by atoms with Gasteiger partial charge in [0.15, 0.2) is 0 Å². The Labute approximate surface area is 140 Å². The fourth-order valence-electron chi connectivity index (χ4n) is 1.98. The molecule has 7 heteroatoms. The molecule has 0 aliphatic carbocycles. The van der Waals surface area contributed by atoms with Crippen molar-refractivity contribution in [2.75, 3.05) is 13.2 Å². The van der Waals surface area contributed by atoms with Crippen LogP contribution >= 0.6 is 0 Å². The number of hydrogen-bond acceptors (Lipinski definition) is 6. The highest BCUT2D eigenvalue weighted by molar-refractivity contribution is 5.94. The molecular weight excluding hydrogens is 314 g/mol. The molecule has 7 nitrogen and oxygen atoms in total. The summed E-state index contributed by atoms with van der Waals surface area (Å²) in [4.78, 5) is 34.2. The average molecular weight is 335 g/mol. The van der Waals surface area contributed by atoms with Crippen molar-refractivity contribution in [3.63, 3.8) is 0 Å². The van der Waals surface area contributed by atoms with E-state index in [9.17, 15) is 19.7 Å². The normalized spacial score (nSPS) is 12.4. The van der Waals surface area contributed by atoms with Crippen molar-refractivity contribution in [3.8, 4) is 0 Å². The van der Waals surface area contributed by atoms with Crippen LogP contribution in [0.25, 0.3) is 6.08 Å². The van der Waals surface area contributed by atoms with Crippen LogP contribution in [0.4, 0.5) is 0 Å². The van der Waals surface area contributed by atoms with Gasteiger partial charge < -0.3 is 9.47 Å². The zero-order valence-electron chi connectivity index (χ0n) is 14.0. The molecule has 1 rings (SSSR count). The fourth-order valence-corrected chi connectivity index (χ4v) is 1.98. The number of carbonyl (C=O) groups excluding carboxylic acids is 2. The lowest BCUT2D eigenvalue weighted by Gasteiger charge is -2.11. The molecule has 0 heterocycles. The van der Waals surface area contributed by atoms with E-state index in [2.05, 4.69) is 0 Å². The van der Waals surface area contributed by atoms with E-state index in [-0.39, 0.29) is 18.8 Å². The molecule has 0 saturated heterocycles. The molecule has 1 aromatic rings. The van der Waals surface area contributed by atoms with Crippen LogP contribution in [0.15, 0.2) is 29.8 Å². The van der Waals surface area contributed by atoms with E-state index in [1.807, 2.05) is 19.1 Å². The molecule has 0 aliphatic heterocycles. The van der Waals surface area contributed by atoms with Crippen molar-refractivity contribution in [3.05, 3.63) is 51.1 Å². The van der Waals surface area contributed by atoms with Crippen molar-refractivity contribution in [2.24, 2.45) is 0 Å². The predicted octanol–water partition coefficient (Wildman–Crippen LogP) is 2.54. The summed E-state index contributed by atoms with van der Waals surface area (Å²) in [7, 11) is 0. The second-order valence-corrected chi connectivity index (χ2v) is 5.06. The number of nitro groups is 1. The maximum atomic E-state index is 12.1. The average Bonchev–Trinajstić information content (AvgIpc) is 2.53. The van der Waals surface area contributed by atoms with Crippen molar-refractivity contribution in [1.82, 2.24) is 0 Å². The van der Waals surface area contributed by atoms with Gasteiger partial charge in [0.2, 0.25) is 0 Å². The molecule has 1 aromatic carbocycles. The predicted molar refractivity (Wildman–Crippen MR) is 87.8 cm³/mol. The minimum atomic E-state index is -1.65. The molecule has 0 saturated carbocycles. The highest BCUT2D eigenvalue weighted by Gasteiger charge is 2.34. The Hall–Kier alpha value is -2.70. The zero-order chi connectivity index (χ0) is 18.1. The Kier molecular flexibility index (Phi) is 7.61. The number of aryl methyl sites for hydroxylation is 1. The van der Waals surface area contributed by atoms with E-state index in [1.54, 1.807) is 26.0 Å². The number of esters is 2. The van der Waals surface area contributed by atoms with E-state index >= 15 is 0 Å². The van der Waals surface area contributed by atoms with Gasteiger partial charge in [-0.25, -0.2) is 9.59 Å². The first kappa shape index (κ1) is 19.3. The Morgan fingerprint density at radius 2 is 1.75 bits per heavy atom. The van der Waals surface area contributed by atoms with E-state index in [0.29, 0.717) is 5.56 Å². The number of hydrogen-bond donors (Lipinski definition) is 0. The maximum absolute atomic E-state index is 12.1. The molecular formula is C17H21NO6. The van der Waals surface area contributed by atoms with Crippen LogP contribution in [0.3, 0.4) is 0 Å². The van der Waals surface area contributed by atoms with Crippen LogP contribution in [0, 0.1) is 17.0 Å². The van der Waals surface area contributed by atoms with Crippen molar-refractivity contribution in [1.29, 1.82) is 0 Å². The van der Waals surface area contributed by atoms with Gasteiger partial charge in [-0.05, 0) is 32.4 Å². The molecule has 0 spiro atoms. The van der Waals surface area contributed by atoms with Gasteiger partial charge >= 0.3 is 18.0 Å². The number of rotatable bonds is 8. The number of benzene rings is 1. The molecule has 0 aliphatic rings. The van der Waals surface area contributed by atoms with E-state index in [1.165, 1.54) is 6.08 Å². The van der Waals surface area contributed by atoms with Gasteiger partial charge in [-0.1, -0.05) is 29.8 Å². The lowest BCUT2D eigenvalue weighted by atomic mass is 10.0. The minimum Gasteiger partial charge on any atom is -0.463 e. The first-order valence-electron chi connectivity index (χ1n) is 7.63. The highest BCUT2D eigenvalue weighted by Crippen LogP contribution is 2.17. The van der Waals surface area contributed by atoms with Crippen LogP contribution in [-0.4, -0.2) is 36.1 Å². The number of nitrogens with zero attached hydrogens (tertiary/aromatic N) is 1. The number of carbonyl (C=O) groups is 2. The van der Waals surface area contributed by atoms with E-state index in [0.717, 1.165) is 5.56 Å². The van der Waals surface area contributed by atoms with Gasteiger partial charge in [0.25, 0.3) is 0 Å². The molecule has 0 bridgehead atoms. The summed E-state index contributed by atoms with van der Waals surface area (Å²) in [5, 5.41) is 11.2. The molecule has 0 aromatic heterocycles. The topological polar surface area (TPSA) is 95.7 Å². The van der Waals surface area contributed by atoms with Gasteiger partial charge in [-0.3, -0.25) is 10.1 Å². The second-order valence-electron chi connectivity index (χ2n) is 5.06. The first-order valence-corrected chi connectivity index (χ1v) is 7.63. The summed E-state index contributed by atoms with van der Waals surface area (Å²) in [6, 6.07) is 5.61. The quantitative estimate of drug-likeness (QED) is 0.313. The van der Waals surface area contributed by atoms with Gasteiger partial charge in [-0.2, -0.15) is 0 Å². The summed E-state index contributed by atoms with van der Waals surface area (Å²) in [5.74, 6) is -1.66. The highest BCUT2D eigenvalue weighted by atomic mass is 16.6. The van der Waals surface area contributed by atoms with Crippen molar-refractivity contribution < 1.29 is 24.0 Å². The SMILES string of the molecule is CCOC(=O)/C(=C/c1ccc(C)cc1)CC(C(=O)OCC)[N+](=O)[O-]. The van der Waals surface area contributed by atoms with Crippen LogP contribution in [-0.2, 0) is 19.1 Å². The first-order chi connectivity index (χ1) is 11.4. The minimum absolute atomic E-state index is 0.0274. The summed E-state index contributed by atoms with van der Waals surface area (Å²) in [6.07, 6.45) is 1.10. The Bertz CT molecular complexity index is 620. The Morgan fingerprint density at radius 1 is 1.17 bits per heavy atom. The largest absolute Gasteiger partial charge is 0.463 e. The van der Waals surface area contributed by atoms with Gasteiger partial charge in [-0.15, -0.1) is 0 Å². The molecule has 0 amide bonds. The van der Waals surface area contributed by atoms with E-state index < -0.39 is 29.3 Å². The third kappa shape index (κ3) is 5.83. The standard InChI is InChI=1S/C17H21NO6/c1-4-23-16(19)14(10-13-8-6-12(3)7-9-13)11-15(18(21)22)17(20)24-5-2/h6-10,15H,4-5,11H2,1-3H3/b14-10+. The fraction of sp³-hybridized carbons (Fsp3) is 0.412. The maximum Gasteiger partial charge on any atom is 0.382 e. The second kappa shape index (κ2) is 9.44. The smallest absolute Gasteiger partial charge is 0.382 e. The molecule has 0 fully saturated rings. The lowest BCUT2D eigenvalue weighted by Crippen LogP contribution is -2.33. The van der Waals surface area contributed by atoms with Crippen LogP contribution in [0.5, 0.6) is 0 Å².